The van der Waals surface area contributed by atoms with E-state index in [1.165, 1.54) is 0 Å². The quantitative estimate of drug-likeness (QED) is 0.630. The number of aromatic hydroxyl groups is 1. The van der Waals surface area contributed by atoms with Gasteiger partial charge in [-0.2, -0.15) is 5.10 Å². The van der Waals surface area contributed by atoms with Crippen molar-refractivity contribution in [2.75, 3.05) is 11.9 Å². The van der Waals surface area contributed by atoms with E-state index in [0.717, 1.165) is 30.5 Å². The van der Waals surface area contributed by atoms with Crippen molar-refractivity contribution in [1.82, 2.24) is 25.5 Å². The lowest BCUT2D eigenvalue weighted by Gasteiger charge is -2.38. The number of phenols is 1. The summed E-state index contributed by atoms with van der Waals surface area (Å²) in [6.45, 7) is 0. The van der Waals surface area contributed by atoms with Gasteiger partial charge in [-0.1, -0.05) is 6.07 Å². The van der Waals surface area contributed by atoms with Crippen LogP contribution in [0.4, 0.5) is 10.2 Å². The van der Waals surface area contributed by atoms with Crippen molar-refractivity contribution in [2.45, 2.75) is 43.6 Å². The fourth-order valence-electron chi connectivity index (χ4n) is 4.49. The highest BCUT2D eigenvalue weighted by Crippen LogP contribution is 2.34. The zero-order valence-electron chi connectivity index (χ0n) is 16.1. The number of anilines is 1. The number of aromatic nitrogens is 4. The standard InChI is InChI=1S/C21H23FN6O/c1-28(18-9-13-3-5-16(26-13)21(18)22)20-11-23-17(10-24-20)14-4-2-12(8-19(14)29)15-6-7-25-27-15/h2,4,6-8,10-11,13,16,18,21,26,29H,3,5,9H2,1H3,(H,25,27)/t13?,16-,18+,21-/m0/s1. The lowest BCUT2D eigenvalue weighted by Crippen LogP contribution is -2.55. The van der Waals surface area contributed by atoms with Crippen LogP contribution in [0.15, 0.2) is 42.9 Å². The number of benzene rings is 1. The third-order valence-corrected chi connectivity index (χ3v) is 6.14. The number of halogens is 1. The Hall–Kier alpha value is -3.00. The summed E-state index contributed by atoms with van der Waals surface area (Å²) < 4.78 is 14.8. The van der Waals surface area contributed by atoms with Crippen molar-refractivity contribution >= 4 is 5.82 Å². The molecule has 0 spiro atoms. The van der Waals surface area contributed by atoms with Gasteiger partial charge in [0.25, 0.3) is 0 Å². The van der Waals surface area contributed by atoms with E-state index in [4.69, 9.17) is 0 Å². The van der Waals surface area contributed by atoms with Gasteiger partial charge < -0.3 is 15.3 Å². The molecule has 2 fully saturated rings. The molecule has 3 aromatic rings. The Morgan fingerprint density at radius 1 is 1.17 bits per heavy atom. The first-order chi connectivity index (χ1) is 14.1. The molecule has 8 heteroatoms. The summed E-state index contributed by atoms with van der Waals surface area (Å²) in [6.07, 6.45) is 6.72. The van der Waals surface area contributed by atoms with Crippen LogP contribution < -0.4 is 10.2 Å². The Balaban J connectivity index is 1.36. The van der Waals surface area contributed by atoms with Crippen molar-refractivity contribution in [2.24, 2.45) is 0 Å². The van der Waals surface area contributed by atoms with Crippen LogP contribution in [-0.2, 0) is 0 Å². The second-order valence-electron chi connectivity index (χ2n) is 7.87. The van der Waals surface area contributed by atoms with Gasteiger partial charge >= 0.3 is 0 Å². The maximum atomic E-state index is 14.8. The molecule has 2 aliphatic rings. The first kappa shape index (κ1) is 18.1. The van der Waals surface area contributed by atoms with Crippen LogP contribution >= 0.6 is 0 Å². The molecule has 1 aromatic carbocycles. The van der Waals surface area contributed by atoms with Gasteiger partial charge in [0.2, 0.25) is 0 Å². The average Bonchev–Trinajstić information content (AvgIpc) is 3.41. The summed E-state index contributed by atoms with van der Waals surface area (Å²) in [6, 6.07) is 7.34. The van der Waals surface area contributed by atoms with Crippen molar-refractivity contribution < 1.29 is 9.50 Å². The predicted molar refractivity (Wildman–Crippen MR) is 108 cm³/mol. The zero-order valence-corrected chi connectivity index (χ0v) is 16.1. The number of hydrogen-bond acceptors (Lipinski definition) is 6. The van der Waals surface area contributed by atoms with Gasteiger partial charge in [0.05, 0.1) is 29.8 Å². The molecule has 4 atom stereocenters. The number of fused-ring (bicyclic) bond motifs is 2. The first-order valence-electron chi connectivity index (χ1n) is 9.88. The van der Waals surface area contributed by atoms with Gasteiger partial charge in [0, 0.05) is 36.5 Å². The number of aromatic amines is 1. The number of alkyl halides is 1. The Labute approximate surface area is 168 Å². The lowest BCUT2D eigenvalue weighted by molar-refractivity contribution is 0.176. The molecular formula is C21H23FN6O. The maximum Gasteiger partial charge on any atom is 0.147 e. The van der Waals surface area contributed by atoms with Crippen LogP contribution in [0.2, 0.25) is 0 Å². The third-order valence-electron chi connectivity index (χ3n) is 6.14. The Bertz CT molecular complexity index is 993. The summed E-state index contributed by atoms with van der Waals surface area (Å²) in [5.74, 6) is 0.752. The summed E-state index contributed by atoms with van der Waals surface area (Å²) in [4.78, 5) is 10.9. The molecule has 0 saturated carbocycles. The van der Waals surface area contributed by atoms with Crippen LogP contribution in [0, 0.1) is 0 Å². The van der Waals surface area contributed by atoms with E-state index in [0.29, 0.717) is 23.1 Å². The first-order valence-corrected chi connectivity index (χ1v) is 9.88. The average molecular weight is 394 g/mol. The van der Waals surface area contributed by atoms with Gasteiger partial charge in [-0.15, -0.1) is 0 Å². The number of nitrogens with one attached hydrogen (secondary N) is 2. The van der Waals surface area contributed by atoms with Gasteiger partial charge in [0.1, 0.15) is 17.7 Å². The van der Waals surface area contributed by atoms with E-state index in [1.54, 1.807) is 30.7 Å². The predicted octanol–water partition coefficient (Wildman–Crippen LogP) is 2.91. The number of H-pyrrole nitrogens is 1. The van der Waals surface area contributed by atoms with E-state index >= 15 is 0 Å². The fourth-order valence-corrected chi connectivity index (χ4v) is 4.49. The number of piperidine rings is 1. The SMILES string of the molecule is CN(c1cnc(-c2ccc(-c3ccn[nH]3)cc2O)cn1)[C@@H]1CC2CC[C@H](N2)[C@@H]1F. The zero-order chi connectivity index (χ0) is 20.0. The minimum atomic E-state index is -0.917. The largest absolute Gasteiger partial charge is 0.507 e. The monoisotopic (exact) mass is 394 g/mol. The molecule has 29 heavy (non-hydrogen) atoms. The number of hydrogen-bond donors (Lipinski definition) is 3. The molecule has 2 saturated heterocycles. The van der Waals surface area contributed by atoms with Gasteiger partial charge in [0.15, 0.2) is 0 Å². The minimum absolute atomic E-state index is 0.0567. The molecule has 4 heterocycles. The Kier molecular flexibility index (Phi) is 4.43. The molecule has 7 nitrogen and oxygen atoms in total. The molecule has 2 bridgehead atoms. The molecule has 150 valence electrons. The van der Waals surface area contributed by atoms with Gasteiger partial charge in [-0.3, -0.25) is 10.1 Å². The lowest BCUT2D eigenvalue weighted by atomic mass is 9.96. The van der Waals surface area contributed by atoms with Crippen LogP contribution in [0.5, 0.6) is 5.75 Å². The molecule has 3 N–H and O–H groups in total. The molecule has 0 amide bonds. The molecule has 0 aliphatic carbocycles. The van der Waals surface area contributed by atoms with Crippen LogP contribution in [-0.4, -0.2) is 56.6 Å². The van der Waals surface area contributed by atoms with Crippen LogP contribution in [0.1, 0.15) is 19.3 Å². The van der Waals surface area contributed by atoms with Crippen LogP contribution in [0.25, 0.3) is 22.5 Å². The van der Waals surface area contributed by atoms with E-state index in [1.807, 2.05) is 24.1 Å². The molecule has 1 unspecified atom stereocenters. The molecule has 5 rings (SSSR count). The Morgan fingerprint density at radius 3 is 2.79 bits per heavy atom. The van der Waals surface area contributed by atoms with Crippen molar-refractivity contribution in [3.63, 3.8) is 0 Å². The normalized spacial score (nSPS) is 25.9. The van der Waals surface area contributed by atoms with E-state index in [-0.39, 0.29) is 17.8 Å². The van der Waals surface area contributed by atoms with Crippen molar-refractivity contribution in [3.05, 3.63) is 42.9 Å². The molecule has 2 aliphatic heterocycles. The fraction of sp³-hybridized carbons (Fsp3) is 0.381. The summed E-state index contributed by atoms with van der Waals surface area (Å²) in [5.41, 5.74) is 2.82. The van der Waals surface area contributed by atoms with E-state index in [2.05, 4.69) is 25.5 Å². The van der Waals surface area contributed by atoms with E-state index < -0.39 is 6.17 Å². The topological polar surface area (TPSA) is 90.0 Å². The minimum Gasteiger partial charge on any atom is -0.507 e. The number of rotatable bonds is 4. The second kappa shape index (κ2) is 7.11. The smallest absolute Gasteiger partial charge is 0.147 e. The second-order valence-corrected chi connectivity index (χ2v) is 7.87. The van der Waals surface area contributed by atoms with Crippen molar-refractivity contribution in [3.8, 4) is 28.3 Å². The summed E-state index contributed by atoms with van der Waals surface area (Å²) in [7, 11) is 1.88. The summed E-state index contributed by atoms with van der Waals surface area (Å²) >= 11 is 0. The molecule has 0 radical (unpaired) electrons. The Morgan fingerprint density at radius 2 is 2.07 bits per heavy atom. The van der Waals surface area contributed by atoms with Crippen molar-refractivity contribution in [1.29, 1.82) is 0 Å². The number of nitrogens with zero attached hydrogens (tertiary/aromatic N) is 4. The van der Waals surface area contributed by atoms with Gasteiger partial charge in [-0.25, -0.2) is 9.37 Å². The highest BCUT2D eigenvalue weighted by atomic mass is 19.1. The number of phenolic OH excluding ortho intramolecular Hbond substituents is 1. The van der Waals surface area contributed by atoms with Crippen LogP contribution in [0.3, 0.4) is 0 Å². The molecular weight excluding hydrogens is 371 g/mol. The van der Waals surface area contributed by atoms with E-state index in [9.17, 15) is 9.50 Å². The summed E-state index contributed by atoms with van der Waals surface area (Å²) in [5, 5.41) is 20.6. The third kappa shape index (κ3) is 3.23. The highest BCUT2D eigenvalue weighted by Gasteiger charge is 2.43. The highest BCUT2D eigenvalue weighted by molar-refractivity contribution is 5.72. The molecule has 2 aromatic heterocycles. The maximum absolute atomic E-state index is 14.8. The van der Waals surface area contributed by atoms with Gasteiger partial charge in [-0.05, 0) is 37.5 Å².